The first-order chi connectivity index (χ1) is 15.6. The Kier molecular flexibility index (Phi) is 9.70. The second-order valence-corrected chi connectivity index (χ2v) is 9.62. The van der Waals surface area contributed by atoms with E-state index in [1.807, 2.05) is 31.2 Å². The predicted molar refractivity (Wildman–Crippen MR) is 127 cm³/mol. The summed E-state index contributed by atoms with van der Waals surface area (Å²) >= 11 is 0. The minimum Gasteiger partial charge on any atom is -0.444 e. The molecule has 2 rings (SSSR count). The lowest BCUT2D eigenvalue weighted by Crippen LogP contribution is -2.55. The summed E-state index contributed by atoms with van der Waals surface area (Å²) in [6, 6.07) is 5.31. The lowest BCUT2D eigenvalue weighted by molar-refractivity contribution is -0.144. The van der Waals surface area contributed by atoms with Crippen molar-refractivity contribution < 1.29 is 24.2 Å². The van der Waals surface area contributed by atoms with E-state index in [4.69, 9.17) is 4.74 Å². The summed E-state index contributed by atoms with van der Waals surface area (Å²) in [6.07, 6.45) is 3.65. The van der Waals surface area contributed by atoms with Gasteiger partial charge in [-0.2, -0.15) is 0 Å². The van der Waals surface area contributed by atoms with Crippen LogP contribution in [0.1, 0.15) is 77.0 Å². The number of aryl methyl sites for hydroxylation is 1. The third-order valence-electron chi connectivity index (χ3n) is 5.46. The van der Waals surface area contributed by atoms with Crippen molar-refractivity contribution in [1.82, 2.24) is 15.5 Å². The number of benzene rings is 1. The lowest BCUT2D eigenvalue weighted by Gasteiger charge is -2.35. The Balaban J connectivity index is 2.32. The van der Waals surface area contributed by atoms with Crippen LogP contribution in [0.2, 0.25) is 0 Å². The molecule has 0 bridgehead atoms. The number of hydrogen-bond donors (Lipinski definition) is 3. The van der Waals surface area contributed by atoms with Gasteiger partial charge in [0.05, 0.1) is 6.61 Å². The van der Waals surface area contributed by atoms with E-state index in [2.05, 4.69) is 17.6 Å². The van der Waals surface area contributed by atoms with Crippen LogP contribution in [0.25, 0.3) is 0 Å². The maximum Gasteiger partial charge on any atom is 0.408 e. The molecule has 1 aromatic carbocycles. The Bertz CT molecular complexity index is 817. The van der Waals surface area contributed by atoms with E-state index in [0.717, 1.165) is 43.2 Å². The maximum atomic E-state index is 13.6. The maximum absolute atomic E-state index is 13.6. The third-order valence-corrected chi connectivity index (χ3v) is 5.46. The molecule has 33 heavy (non-hydrogen) atoms. The second-order valence-electron chi connectivity index (χ2n) is 9.62. The highest BCUT2D eigenvalue weighted by Crippen LogP contribution is 2.36. The number of aliphatic hydroxyl groups is 1. The highest BCUT2D eigenvalue weighted by atomic mass is 16.6. The minimum absolute atomic E-state index is 0.127. The predicted octanol–water partition coefficient (Wildman–Crippen LogP) is 3.22. The molecule has 0 spiro atoms. The van der Waals surface area contributed by atoms with Crippen LogP contribution in [0.4, 0.5) is 4.79 Å². The molecule has 3 N–H and O–H groups in total. The molecule has 1 aliphatic carbocycles. The van der Waals surface area contributed by atoms with Gasteiger partial charge >= 0.3 is 6.09 Å². The fourth-order valence-electron chi connectivity index (χ4n) is 3.68. The Hall–Kier alpha value is -2.61. The summed E-state index contributed by atoms with van der Waals surface area (Å²) in [5.74, 6) is -0.752. The van der Waals surface area contributed by atoms with Crippen molar-refractivity contribution in [2.75, 3.05) is 13.2 Å². The fourth-order valence-corrected chi connectivity index (χ4v) is 3.68. The van der Waals surface area contributed by atoms with Crippen molar-refractivity contribution in [3.05, 3.63) is 35.4 Å². The summed E-state index contributed by atoms with van der Waals surface area (Å²) in [5.41, 5.74) is 0.885. The number of carbonyl (C=O) groups excluding carboxylic acids is 3. The van der Waals surface area contributed by atoms with E-state index in [-0.39, 0.29) is 11.9 Å². The topological polar surface area (TPSA) is 108 Å². The van der Waals surface area contributed by atoms with Gasteiger partial charge in [-0.15, -0.1) is 0 Å². The number of rotatable bonds is 11. The summed E-state index contributed by atoms with van der Waals surface area (Å²) in [4.78, 5) is 40.8. The number of nitrogens with zero attached hydrogens (tertiary/aromatic N) is 1. The third kappa shape index (κ3) is 8.03. The molecule has 1 aromatic rings. The zero-order chi connectivity index (χ0) is 24.6. The molecule has 8 heteroatoms. The number of unbranched alkanes of at least 4 members (excludes halogenated alkanes) is 2. The molecule has 0 aliphatic heterocycles. The molecule has 1 saturated carbocycles. The van der Waals surface area contributed by atoms with E-state index < -0.39 is 36.3 Å². The fraction of sp³-hybridized carbons (Fsp3) is 0.640. The normalized spacial score (nSPS) is 15.3. The van der Waals surface area contributed by atoms with Gasteiger partial charge in [0.1, 0.15) is 17.7 Å². The van der Waals surface area contributed by atoms with Crippen molar-refractivity contribution in [3.63, 3.8) is 0 Å². The Morgan fingerprint density at radius 3 is 2.39 bits per heavy atom. The van der Waals surface area contributed by atoms with Gasteiger partial charge in [-0.25, -0.2) is 4.79 Å². The molecule has 184 valence electrons. The smallest absolute Gasteiger partial charge is 0.408 e. The first kappa shape index (κ1) is 26.6. The standard InChI is InChI=1S/C25H39N3O5/c1-6-7-10-15-26-22(30)21(19-12-9-8-11-17(19)2)28(18-13-14-18)23(31)20(16-29)27-24(32)33-25(3,4)5/h8-9,11-12,18,20-21,29H,6-7,10,13-16H2,1-5H3,(H,26,30)(H,27,32). The second kappa shape index (κ2) is 12.0. The van der Waals surface area contributed by atoms with Gasteiger partial charge < -0.3 is 25.4 Å². The Morgan fingerprint density at radius 2 is 1.85 bits per heavy atom. The number of nitrogens with one attached hydrogen (secondary N) is 2. The Labute approximate surface area is 197 Å². The molecular weight excluding hydrogens is 422 g/mol. The van der Waals surface area contributed by atoms with E-state index >= 15 is 0 Å². The van der Waals surface area contributed by atoms with Crippen LogP contribution >= 0.6 is 0 Å². The van der Waals surface area contributed by atoms with E-state index in [9.17, 15) is 19.5 Å². The van der Waals surface area contributed by atoms with Gasteiger partial charge in [-0.3, -0.25) is 9.59 Å². The van der Waals surface area contributed by atoms with Crippen molar-refractivity contribution in [3.8, 4) is 0 Å². The summed E-state index contributed by atoms with van der Waals surface area (Å²) < 4.78 is 5.25. The molecule has 1 fully saturated rings. The van der Waals surface area contributed by atoms with Crippen LogP contribution < -0.4 is 10.6 Å². The Morgan fingerprint density at radius 1 is 1.18 bits per heavy atom. The minimum atomic E-state index is -1.21. The molecule has 8 nitrogen and oxygen atoms in total. The molecule has 0 radical (unpaired) electrons. The van der Waals surface area contributed by atoms with Crippen LogP contribution in [0.3, 0.4) is 0 Å². The van der Waals surface area contributed by atoms with Crippen LogP contribution in [0, 0.1) is 6.92 Å². The molecule has 0 saturated heterocycles. The number of aliphatic hydroxyl groups excluding tert-OH is 1. The molecule has 1 aliphatic rings. The van der Waals surface area contributed by atoms with Gasteiger partial charge in [-0.05, 0) is 58.1 Å². The van der Waals surface area contributed by atoms with Gasteiger partial charge in [-0.1, -0.05) is 44.0 Å². The summed E-state index contributed by atoms with van der Waals surface area (Å²) in [6.45, 7) is 9.09. The number of alkyl carbamates (subject to hydrolysis) is 1. The summed E-state index contributed by atoms with van der Waals surface area (Å²) in [5, 5.41) is 15.4. The number of hydrogen-bond acceptors (Lipinski definition) is 5. The highest BCUT2D eigenvalue weighted by molar-refractivity contribution is 5.92. The van der Waals surface area contributed by atoms with Crippen molar-refractivity contribution >= 4 is 17.9 Å². The van der Waals surface area contributed by atoms with Crippen molar-refractivity contribution in [2.24, 2.45) is 0 Å². The lowest BCUT2D eigenvalue weighted by atomic mass is 9.98. The molecular formula is C25H39N3O5. The van der Waals surface area contributed by atoms with Crippen LogP contribution in [0.5, 0.6) is 0 Å². The van der Waals surface area contributed by atoms with Gasteiger partial charge in [0.15, 0.2) is 0 Å². The molecule has 2 atom stereocenters. The quantitative estimate of drug-likeness (QED) is 0.439. The van der Waals surface area contributed by atoms with E-state index in [1.54, 1.807) is 20.8 Å². The largest absolute Gasteiger partial charge is 0.444 e. The monoisotopic (exact) mass is 461 g/mol. The van der Waals surface area contributed by atoms with E-state index in [1.165, 1.54) is 4.90 Å². The van der Waals surface area contributed by atoms with E-state index in [0.29, 0.717) is 6.54 Å². The summed E-state index contributed by atoms with van der Waals surface area (Å²) in [7, 11) is 0. The molecule has 2 unspecified atom stereocenters. The average molecular weight is 462 g/mol. The SMILES string of the molecule is CCCCCNC(=O)C(c1ccccc1C)N(C(=O)C(CO)NC(=O)OC(C)(C)C)C1CC1. The van der Waals surface area contributed by atoms with Crippen LogP contribution in [-0.2, 0) is 14.3 Å². The van der Waals surface area contributed by atoms with Gasteiger partial charge in [0.25, 0.3) is 0 Å². The molecule has 0 aromatic heterocycles. The van der Waals surface area contributed by atoms with Crippen molar-refractivity contribution in [1.29, 1.82) is 0 Å². The van der Waals surface area contributed by atoms with Gasteiger partial charge in [0, 0.05) is 12.6 Å². The first-order valence-electron chi connectivity index (χ1n) is 11.8. The van der Waals surface area contributed by atoms with Crippen LogP contribution in [-0.4, -0.2) is 58.8 Å². The highest BCUT2D eigenvalue weighted by Gasteiger charge is 2.44. The number of carbonyl (C=O) groups is 3. The zero-order valence-electron chi connectivity index (χ0n) is 20.5. The number of ether oxygens (including phenoxy) is 1. The molecule has 0 heterocycles. The van der Waals surface area contributed by atoms with Gasteiger partial charge in [0.2, 0.25) is 11.8 Å². The van der Waals surface area contributed by atoms with Crippen molar-refractivity contribution in [2.45, 2.75) is 90.4 Å². The zero-order valence-corrected chi connectivity index (χ0v) is 20.5. The molecule has 3 amide bonds. The first-order valence-corrected chi connectivity index (χ1v) is 11.8. The average Bonchev–Trinajstić information content (AvgIpc) is 3.57. The number of amides is 3. The van der Waals surface area contributed by atoms with Crippen LogP contribution in [0.15, 0.2) is 24.3 Å².